The molecule has 4 amide bonds. The van der Waals surface area contributed by atoms with Crippen molar-refractivity contribution in [1.82, 2.24) is 24.3 Å². The highest BCUT2D eigenvalue weighted by Gasteiger charge is 2.38. The minimum Gasteiger partial charge on any atom is -0.480 e. The van der Waals surface area contributed by atoms with Crippen LogP contribution in [0.5, 0.6) is 0 Å². The number of halogens is 4. The first-order valence-electron chi connectivity index (χ1n) is 18.4. The van der Waals surface area contributed by atoms with E-state index in [9.17, 15) is 47.0 Å². The smallest absolute Gasteiger partial charge is 0.418 e. The van der Waals surface area contributed by atoms with Gasteiger partial charge in [-0.3, -0.25) is 19.3 Å². The molecule has 2 N–H and O–H groups in total. The maximum Gasteiger partial charge on any atom is 0.418 e. The van der Waals surface area contributed by atoms with Crippen LogP contribution in [0.2, 0.25) is 0 Å². The van der Waals surface area contributed by atoms with Crippen LogP contribution in [0.25, 0.3) is 5.69 Å². The van der Waals surface area contributed by atoms with Gasteiger partial charge < -0.3 is 24.8 Å². The zero-order chi connectivity index (χ0) is 44.3. The Hall–Kier alpha value is -5.72. The number of rotatable bonds is 11. The third-order valence-corrected chi connectivity index (χ3v) is 9.92. The van der Waals surface area contributed by atoms with Crippen LogP contribution in [-0.2, 0) is 33.4 Å². The van der Waals surface area contributed by atoms with E-state index in [4.69, 9.17) is 14.5 Å². The summed E-state index contributed by atoms with van der Waals surface area (Å²) in [6.45, 7) is 14.1. The van der Waals surface area contributed by atoms with Gasteiger partial charge in [0.25, 0.3) is 17.4 Å². The average molecular weight is 892 g/mol. The van der Waals surface area contributed by atoms with Crippen molar-refractivity contribution in [1.29, 1.82) is 0 Å². The molecular formula is C40H46BrF3N6O9. The fourth-order valence-corrected chi connectivity index (χ4v) is 6.64. The van der Waals surface area contributed by atoms with Crippen molar-refractivity contribution in [2.24, 2.45) is 5.92 Å². The van der Waals surface area contributed by atoms with Crippen molar-refractivity contribution in [2.75, 3.05) is 19.1 Å². The van der Waals surface area contributed by atoms with Crippen LogP contribution < -0.4 is 10.9 Å². The molecule has 59 heavy (non-hydrogen) atoms. The van der Waals surface area contributed by atoms with Crippen molar-refractivity contribution in [3.63, 3.8) is 0 Å². The summed E-state index contributed by atoms with van der Waals surface area (Å²) in [5, 5.41) is 12.9. The highest BCUT2D eigenvalue weighted by molar-refractivity contribution is 9.10. The van der Waals surface area contributed by atoms with Crippen molar-refractivity contribution < 1.29 is 51.7 Å². The number of nitrogens with zero attached hydrogens (tertiary/aromatic N) is 5. The summed E-state index contributed by atoms with van der Waals surface area (Å²) < 4.78 is 52.5. The normalized spacial score (nSPS) is 15.1. The third kappa shape index (κ3) is 10.7. The number of ether oxygens (including phenoxy) is 2. The van der Waals surface area contributed by atoms with E-state index in [0.29, 0.717) is 4.90 Å². The van der Waals surface area contributed by atoms with Crippen LogP contribution in [0.15, 0.2) is 64.4 Å². The molecule has 318 valence electrons. The molecule has 0 saturated heterocycles. The van der Waals surface area contributed by atoms with Crippen LogP contribution >= 0.6 is 15.9 Å². The van der Waals surface area contributed by atoms with Crippen LogP contribution in [0.4, 0.5) is 28.7 Å². The Morgan fingerprint density at radius 1 is 1.05 bits per heavy atom. The van der Waals surface area contributed by atoms with Gasteiger partial charge in [-0.05, 0) is 89.4 Å². The maximum absolute atomic E-state index is 14.2. The van der Waals surface area contributed by atoms with E-state index in [-0.39, 0.29) is 51.5 Å². The number of amides is 4. The molecule has 19 heteroatoms. The lowest BCUT2D eigenvalue weighted by Gasteiger charge is -2.35. The number of alkyl halides is 3. The van der Waals surface area contributed by atoms with E-state index in [1.54, 1.807) is 54.5 Å². The number of carbonyl (C=O) groups is 5. The average Bonchev–Trinajstić information content (AvgIpc) is 3.14. The molecule has 3 aromatic rings. The Kier molecular flexibility index (Phi) is 14.1. The standard InChI is InChI=1S/C40H46BrF3N6O9/c1-10-22(4)45-36-46-30-19-48(33(52)25-13-16-29(41)28(18-25)40(42,43)44)23(5)17-27(30)34(53)50(36)26-14-11-24(12-15-26)32(51)47(9)37(56)58-20-49(31(21(2)3)35(54)55)38(57)59-39(6,7)8/h10-16,18,21-23,31H,1,17,19-20H2,2-9H3,(H,45,46)(H,54,55)/t22-,23+,31+/m0/s1. The Morgan fingerprint density at radius 2 is 1.66 bits per heavy atom. The molecule has 0 aliphatic carbocycles. The molecule has 3 atom stereocenters. The Morgan fingerprint density at radius 3 is 2.20 bits per heavy atom. The molecule has 0 radical (unpaired) electrons. The van der Waals surface area contributed by atoms with Gasteiger partial charge in [0.15, 0.2) is 6.73 Å². The van der Waals surface area contributed by atoms with Gasteiger partial charge in [0.1, 0.15) is 11.6 Å². The van der Waals surface area contributed by atoms with Crippen molar-refractivity contribution in [3.05, 3.63) is 97.9 Å². The topological polar surface area (TPSA) is 181 Å². The number of carboxylic acids is 1. The first-order valence-corrected chi connectivity index (χ1v) is 19.1. The number of nitrogens with one attached hydrogen (secondary N) is 1. The first-order chi connectivity index (χ1) is 27.4. The quantitative estimate of drug-likeness (QED) is 0.148. The maximum atomic E-state index is 14.2. The summed E-state index contributed by atoms with van der Waals surface area (Å²) in [5.74, 6) is -3.40. The third-order valence-electron chi connectivity index (χ3n) is 9.23. The second-order valence-corrected chi connectivity index (χ2v) is 16.1. The van der Waals surface area contributed by atoms with E-state index < -0.39 is 83.6 Å². The molecule has 4 rings (SSSR count). The van der Waals surface area contributed by atoms with E-state index in [0.717, 1.165) is 24.1 Å². The zero-order valence-electron chi connectivity index (χ0n) is 33.7. The summed E-state index contributed by atoms with van der Waals surface area (Å²) in [4.78, 5) is 86.6. The molecule has 0 unspecified atom stereocenters. The lowest BCUT2D eigenvalue weighted by atomic mass is 9.98. The Balaban J connectivity index is 1.61. The molecule has 0 bridgehead atoms. The summed E-state index contributed by atoms with van der Waals surface area (Å²) in [5.41, 5.74) is -1.88. The number of hydrogen-bond acceptors (Lipinski definition) is 10. The number of carboxylic acid groups (broad SMARTS) is 1. The first kappa shape index (κ1) is 46.0. The predicted molar refractivity (Wildman–Crippen MR) is 213 cm³/mol. The Labute approximate surface area is 346 Å². The molecular weight excluding hydrogens is 845 g/mol. The fraction of sp³-hybridized carbons (Fsp3) is 0.425. The second kappa shape index (κ2) is 18.0. The van der Waals surface area contributed by atoms with Crippen LogP contribution in [0.1, 0.15) is 86.0 Å². The number of hydrogen-bond donors (Lipinski definition) is 2. The van der Waals surface area contributed by atoms with Gasteiger partial charge in [-0.15, -0.1) is 6.58 Å². The molecule has 2 heterocycles. The molecule has 1 aliphatic rings. The fourth-order valence-electron chi connectivity index (χ4n) is 6.17. The van der Waals surface area contributed by atoms with Crippen LogP contribution in [-0.4, -0.2) is 96.8 Å². The molecule has 0 saturated carbocycles. The predicted octanol–water partition coefficient (Wildman–Crippen LogP) is 7.10. The number of carbonyl (C=O) groups excluding carboxylic acids is 4. The number of fused-ring (bicyclic) bond motifs is 1. The van der Waals surface area contributed by atoms with Crippen molar-refractivity contribution in [3.8, 4) is 5.69 Å². The lowest BCUT2D eigenvalue weighted by Crippen LogP contribution is -2.51. The summed E-state index contributed by atoms with van der Waals surface area (Å²) >= 11 is 2.89. The zero-order valence-corrected chi connectivity index (χ0v) is 35.3. The number of imide groups is 1. The SMILES string of the molecule is C=C[C@H](C)Nc1nc2c(c(=O)n1-c1ccc(C(=O)N(C)C(=O)OCN(C(=O)OC(C)(C)C)[C@@H](C(=O)O)C(C)C)cc1)C[C@@H](C)N(C(=O)c1ccc(Br)c(C(F)(F)F)c1)C2. The monoisotopic (exact) mass is 890 g/mol. The largest absolute Gasteiger partial charge is 0.480 e. The van der Waals surface area contributed by atoms with Gasteiger partial charge in [-0.25, -0.2) is 28.8 Å². The van der Waals surface area contributed by atoms with E-state index in [2.05, 4.69) is 27.8 Å². The minimum atomic E-state index is -4.70. The van der Waals surface area contributed by atoms with Gasteiger partial charge in [-0.2, -0.15) is 13.2 Å². The van der Waals surface area contributed by atoms with Gasteiger partial charge in [0.2, 0.25) is 5.95 Å². The summed E-state index contributed by atoms with van der Waals surface area (Å²) in [7, 11) is 1.13. The van der Waals surface area contributed by atoms with Crippen LogP contribution in [0, 0.1) is 5.92 Å². The second-order valence-electron chi connectivity index (χ2n) is 15.3. The van der Waals surface area contributed by atoms with Gasteiger partial charge in [0.05, 0.1) is 23.5 Å². The number of aromatic nitrogens is 2. The number of aliphatic carboxylic acids is 1. The Bertz CT molecular complexity index is 2190. The summed E-state index contributed by atoms with van der Waals surface area (Å²) in [6, 6.07) is 6.40. The molecule has 0 spiro atoms. The highest BCUT2D eigenvalue weighted by atomic mass is 79.9. The minimum absolute atomic E-state index is 0.000117. The van der Waals surface area contributed by atoms with E-state index in [1.165, 1.54) is 39.8 Å². The van der Waals surface area contributed by atoms with Crippen molar-refractivity contribution >= 4 is 51.8 Å². The highest BCUT2D eigenvalue weighted by Crippen LogP contribution is 2.36. The number of anilines is 1. The molecule has 1 aromatic heterocycles. The number of benzene rings is 2. The van der Waals surface area contributed by atoms with E-state index in [1.807, 2.05) is 0 Å². The molecule has 2 aromatic carbocycles. The molecule has 15 nitrogen and oxygen atoms in total. The molecule has 1 aliphatic heterocycles. The summed E-state index contributed by atoms with van der Waals surface area (Å²) in [6.07, 6.45) is -5.33. The van der Waals surface area contributed by atoms with Gasteiger partial charge in [-0.1, -0.05) is 35.9 Å². The lowest BCUT2D eigenvalue weighted by molar-refractivity contribution is -0.147. The van der Waals surface area contributed by atoms with Gasteiger partial charge >= 0.3 is 24.3 Å². The van der Waals surface area contributed by atoms with Crippen LogP contribution in [0.3, 0.4) is 0 Å². The molecule has 0 fully saturated rings. The van der Waals surface area contributed by atoms with E-state index >= 15 is 0 Å². The van der Waals surface area contributed by atoms with Gasteiger partial charge in [0, 0.05) is 40.3 Å². The van der Waals surface area contributed by atoms with Crippen molar-refractivity contribution in [2.45, 2.75) is 91.3 Å².